The molecule has 0 aliphatic heterocycles. The molecule has 0 fully saturated rings. The molecule has 0 aliphatic rings. The van der Waals surface area contributed by atoms with Crippen molar-refractivity contribution in [3.05, 3.63) is 42.0 Å². The molecule has 0 amide bonds. The molecule has 0 atom stereocenters. The van der Waals surface area contributed by atoms with Crippen molar-refractivity contribution >= 4 is 5.57 Å². The van der Waals surface area contributed by atoms with Crippen LogP contribution in [0.15, 0.2) is 30.8 Å². The molecule has 16 heavy (non-hydrogen) atoms. The van der Waals surface area contributed by atoms with Crippen LogP contribution in [-0.2, 0) is 5.60 Å². The fourth-order valence-electron chi connectivity index (χ4n) is 1.32. The summed E-state index contributed by atoms with van der Waals surface area (Å²) < 4.78 is 0. The zero-order valence-corrected chi connectivity index (χ0v) is 10.6. The Hall–Kier alpha value is -1.12. The second-order valence-electron chi connectivity index (χ2n) is 4.09. The maximum atomic E-state index is 9.75. The molecule has 0 aromatic heterocycles. The first kappa shape index (κ1) is 14.9. The van der Waals surface area contributed by atoms with Gasteiger partial charge in [-0.25, -0.2) is 0 Å². The number of hydrogen-bond donors (Lipinski definition) is 2. The van der Waals surface area contributed by atoms with E-state index in [1.807, 2.05) is 24.3 Å². The highest BCUT2D eigenvalue weighted by atomic mass is 16.3. The Morgan fingerprint density at radius 2 is 1.62 bits per heavy atom. The summed E-state index contributed by atoms with van der Waals surface area (Å²) in [6.45, 7) is 9.64. The van der Waals surface area contributed by atoms with Crippen LogP contribution in [0.3, 0.4) is 0 Å². The summed E-state index contributed by atoms with van der Waals surface area (Å²) in [6.07, 6.45) is 0.960. The van der Waals surface area contributed by atoms with Crippen LogP contribution >= 0.6 is 0 Å². The molecular formula is C14H22O2. The van der Waals surface area contributed by atoms with Crippen molar-refractivity contribution in [1.29, 1.82) is 0 Å². The van der Waals surface area contributed by atoms with Gasteiger partial charge in [0.25, 0.3) is 0 Å². The van der Waals surface area contributed by atoms with Crippen LogP contribution in [0.25, 0.3) is 5.57 Å². The predicted molar refractivity (Wildman–Crippen MR) is 69.2 cm³/mol. The summed E-state index contributed by atoms with van der Waals surface area (Å²) in [6, 6.07) is 7.94. The lowest BCUT2D eigenvalue weighted by Gasteiger charge is -2.18. The van der Waals surface area contributed by atoms with Gasteiger partial charge in [0, 0.05) is 7.11 Å². The van der Waals surface area contributed by atoms with E-state index >= 15 is 0 Å². The molecule has 0 radical (unpaired) electrons. The Balaban J connectivity index is 0.00000106. The molecule has 1 aromatic carbocycles. The predicted octanol–water partition coefficient (Wildman–Crippen LogP) is 2.95. The third kappa shape index (κ3) is 4.17. The van der Waals surface area contributed by atoms with E-state index in [0.29, 0.717) is 0 Å². The van der Waals surface area contributed by atoms with Gasteiger partial charge in [-0.2, -0.15) is 0 Å². The van der Waals surface area contributed by atoms with Crippen molar-refractivity contribution in [2.75, 3.05) is 7.11 Å². The van der Waals surface area contributed by atoms with Gasteiger partial charge in [-0.15, -0.1) is 0 Å². The first-order valence-corrected chi connectivity index (χ1v) is 5.41. The topological polar surface area (TPSA) is 40.5 Å². The highest BCUT2D eigenvalue weighted by molar-refractivity contribution is 5.63. The van der Waals surface area contributed by atoms with Crippen molar-refractivity contribution in [1.82, 2.24) is 0 Å². The molecule has 0 spiro atoms. The molecule has 0 aliphatic carbocycles. The molecular weight excluding hydrogens is 200 g/mol. The molecule has 0 heterocycles. The zero-order valence-electron chi connectivity index (χ0n) is 10.6. The van der Waals surface area contributed by atoms with Crippen molar-refractivity contribution in [2.24, 2.45) is 0 Å². The standard InChI is InChI=1S/C13H18O.CH4O/c1-5-10(2)11-6-8-12(9-7-11)13(3,4)14;1-2/h6-9,14H,2,5H2,1,3-4H3;2H,1H3. The number of aliphatic hydroxyl groups excluding tert-OH is 1. The first-order valence-electron chi connectivity index (χ1n) is 5.41. The summed E-state index contributed by atoms with van der Waals surface area (Å²) >= 11 is 0. The monoisotopic (exact) mass is 222 g/mol. The first-order chi connectivity index (χ1) is 7.45. The van der Waals surface area contributed by atoms with E-state index in [1.165, 1.54) is 0 Å². The molecule has 2 nitrogen and oxygen atoms in total. The minimum atomic E-state index is -0.758. The SMILES string of the molecule is C=C(CC)c1ccc(C(C)(C)O)cc1.CO. The van der Waals surface area contributed by atoms with Gasteiger partial charge >= 0.3 is 0 Å². The van der Waals surface area contributed by atoms with Gasteiger partial charge in [-0.3, -0.25) is 0 Å². The zero-order chi connectivity index (χ0) is 12.8. The Morgan fingerprint density at radius 1 is 1.19 bits per heavy atom. The van der Waals surface area contributed by atoms with Gasteiger partial charge in [-0.1, -0.05) is 37.8 Å². The van der Waals surface area contributed by atoms with Gasteiger partial charge in [0.15, 0.2) is 0 Å². The van der Waals surface area contributed by atoms with Crippen molar-refractivity contribution in [3.8, 4) is 0 Å². The fraction of sp³-hybridized carbons (Fsp3) is 0.429. The highest BCUT2D eigenvalue weighted by Crippen LogP contribution is 2.22. The Kier molecular flexibility index (Phi) is 6.01. The lowest BCUT2D eigenvalue weighted by atomic mass is 9.95. The minimum absolute atomic E-state index is 0.758. The van der Waals surface area contributed by atoms with Crippen LogP contribution in [0.4, 0.5) is 0 Å². The summed E-state index contributed by atoms with van der Waals surface area (Å²) in [5.41, 5.74) is 2.46. The van der Waals surface area contributed by atoms with Crippen LogP contribution in [0.1, 0.15) is 38.3 Å². The van der Waals surface area contributed by atoms with E-state index in [1.54, 1.807) is 13.8 Å². The van der Waals surface area contributed by atoms with E-state index in [9.17, 15) is 5.11 Å². The highest BCUT2D eigenvalue weighted by Gasteiger charge is 2.14. The Morgan fingerprint density at radius 3 is 1.94 bits per heavy atom. The van der Waals surface area contributed by atoms with Crippen molar-refractivity contribution in [3.63, 3.8) is 0 Å². The second kappa shape index (κ2) is 6.46. The quantitative estimate of drug-likeness (QED) is 0.825. The maximum absolute atomic E-state index is 9.75. The largest absolute Gasteiger partial charge is 0.400 e. The third-order valence-corrected chi connectivity index (χ3v) is 2.43. The van der Waals surface area contributed by atoms with Crippen LogP contribution in [0, 0.1) is 0 Å². The van der Waals surface area contributed by atoms with Crippen molar-refractivity contribution in [2.45, 2.75) is 32.8 Å². The van der Waals surface area contributed by atoms with E-state index in [2.05, 4.69) is 13.5 Å². The number of hydrogen-bond acceptors (Lipinski definition) is 2. The van der Waals surface area contributed by atoms with E-state index in [4.69, 9.17) is 5.11 Å². The maximum Gasteiger partial charge on any atom is 0.0840 e. The molecule has 2 heteroatoms. The van der Waals surface area contributed by atoms with Gasteiger partial charge < -0.3 is 10.2 Å². The van der Waals surface area contributed by atoms with Crippen LogP contribution in [0.5, 0.6) is 0 Å². The average Bonchev–Trinajstić information content (AvgIpc) is 2.30. The minimum Gasteiger partial charge on any atom is -0.400 e. The lowest BCUT2D eigenvalue weighted by Crippen LogP contribution is -2.15. The molecule has 1 rings (SSSR count). The van der Waals surface area contributed by atoms with E-state index in [0.717, 1.165) is 30.2 Å². The molecule has 2 N–H and O–H groups in total. The Labute approximate surface area is 98.3 Å². The molecule has 1 aromatic rings. The number of benzene rings is 1. The molecule has 0 saturated heterocycles. The summed E-state index contributed by atoms with van der Waals surface area (Å²) in [5, 5.41) is 16.8. The normalized spacial score (nSPS) is 10.4. The molecule has 0 saturated carbocycles. The van der Waals surface area contributed by atoms with E-state index in [-0.39, 0.29) is 0 Å². The molecule has 0 bridgehead atoms. The Bertz CT molecular complexity index is 318. The number of aliphatic hydroxyl groups is 2. The van der Waals surface area contributed by atoms with Gasteiger partial charge in [0.05, 0.1) is 5.60 Å². The molecule has 90 valence electrons. The fourth-order valence-corrected chi connectivity index (χ4v) is 1.32. The van der Waals surface area contributed by atoms with E-state index < -0.39 is 5.60 Å². The van der Waals surface area contributed by atoms with Crippen molar-refractivity contribution < 1.29 is 10.2 Å². The van der Waals surface area contributed by atoms with Gasteiger partial charge in [0.2, 0.25) is 0 Å². The summed E-state index contributed by atoms with van der Waals surface area (Å²) in [7, 11) is 1.00. The number of rotatable bonds is 3. The lowest BCUT2D eigenvalue weighted by molar-refractivity contribution is 0.0786. The summed E-state index contributed by atoms with van der Waals surface area (Å²) in [4.78, 5) is 0. The van der Waals surface area contributed by atoms with Gasteiger partial charge in [-0.05, 0) is 37.0 Å². The summed E-state index contributed by atoms with van der Waals surface area (Å²) in [5.74, 6) is 0. The smallest absolute Gasteiger partial charge is 0.0840 e. The van der Waals surface area contributed by atoms with Crippen LogP contribution in [0.2, 0.25) is 0 Å². The van der Waals surface area contributed by atoms with Crippen LogP contribution < -0.4 is 0 Å². The second-order valence-corrected chi connectivity index (χ2v) is 4.09. The molecule has 0 unspecified atom stereocenters. The average molecular weight is 222 g/mol. The third-order valence-electron chi connectivity index (χ3n) is 2.43. The van der Waals surface area contributed by atoms with Crippen LogP contribution in [-0.4, -0.2) is 17.3 Å². The van der Waals surface area contributed by atoms with Gasteiger partial charge in [0.1, 0.15) is 0 Å². The number of allylic oxidation sites excluding steroid dienone is 1.